The Morgan fingerprint density at radius 3 is 2.71 bits per heavy atom. The summed E-state index contributed by atoms with van der Waals surface area (Å²) in [6.07, 6.45) is -0.533. The van der Waals surface area contributed by atoms with Gasteiger partial charge in [-0.1, -0.05) is 6.92 Å². The van der Waals surface area contributed by atoms with Crippen molar-refractivity contribution >= 4 is 0 Å². The van der Waals surface area contributed by atoms with Gasteiger partial charge in [-0.25, -0.2) is 4.98 Å². The molecular formula is C11H18F3N3. The summed E-state index contributed by atoms with van der Waals surface area (Å²) in [6, 6.07) is -0.349. The highest BCUT2D eigenvalue weighted by atomic mass is 19.4. The molecular weight excluding hydrogens is 231 g/mol. The summed E-state index contributed by atoms with van der Waals surface area (Å²) in [5, 5.41) is 2.89. The van der Waals surface area contributed by atoms with Crippen molar-refractivity contribution in [3.8, 4) is 0 Å². The molecule has 0 bridgehead atoms. The maximum atomic E-state index is 12.2. The van der Waals surface area contributed by atoms with Gasteiger partial charge in [-0.15, -0.1) is 0 Å². The van der Waals surface area contributed by atoms with Crippen LogP contribution < -0.4 is 5.32 Å². The lowest BCUT2D eigenvalue weighted by molar-refractivity contribution is -0.136. The standard InChI is InChI=1S/C11H18F3N3/c1-3-7-17-8-6-16-10(17)9(15-2)4-5-11(12,13)14/h6,8-9,15H,3-5,7H2,1-2H3. The number of hydrogen-bond acceptors (Lipinski definition) is 2. The van der Waals surface area contributed by atoms with Crippen LogP contribution in [0.5, 0.6) is 0 Å². The number of aromatic nitrogens is 2. The van der Waals surface area contributed by atoms with Crippen LogP contribution in [0, 0.1) is 0 Å². The van der Waals surface area contributed by atoms with Crippen LogP contribution in [-0.2, 0) is 6.54 Å². The first-order valence-electron chi connectivity index (χ1n) is 5.73. The van der Waals surface area contributed by atoms with E-state index in [0.29, 0.717) is 5.82 Å². The molecule has 0 aliphatic heterocycles. The van der Waals surface area contributed by atoms with E-state index in [9.17, 15) is 13.2 Å². The van der Waals surface area contributed by atoms with Crippen LogP contribution in [0.1, 0.15) is 38.1 Å². The smallest absolute Gasteiger partial charge is 0.334 e. The summed E-state index contributed by atoms with van der Waals surface area (Å²) in [4.78, 5) is 4.14. The average Bonchev–Trinajstić information content (AvgIpc) is 2.66. The Balaban J connectivity index is 2.69. The summed E-state index contributed by atoms with van der Waals surface area (Å²) in [6.45, 7) is 2.80. The first-order chi connectivity index (χ1) is 7.98. The summed E-state index contributed by atoms with van der Waals surface area (Å²) in [7, 11) is 1.66. The van der Waals surface area contributed by atoms with Crippen molar-refractivity contribution in [1.82, 2.24) is 14.9 Å². The van der Waals surface area contributed by atoms with E-state index in [2.05, 4.69) is 10.3 Å². The van der Waals surface area contributed by atoms with Crippen LogP contribution in [0.4, 0.5) is 13.2 Å². The fraction of sp³-hybridized carbons (Fsp3) is 0.727. The third-order valence-electron chi connectivity index (χ3n) is 2.59. The minimum absolute atomic E-state index is 0.0146. The van der Waals surface area contributed by atoms with Gasteiger partial charge in [0.1, 0.15) is 5.82 Å². The van der Waals surface area contributed by atoms with Crippen LogP contribution in [0.2, 0.25) is 0 Å². The largest absolute Gasteiger partial charge is 0.389 e. The Kier molecular flexibility index (Phi) is 4.99. The zero-order valence-electron chi connectivity index (χ0n) is 10.1. The van der Waals surface area contributed by atoms with E-state index in [1.807, 2.05) is 11.5 Å². The molecule has 1 rings (SSSR count). The minimum Gasteiger partial charge on any atom is -0.334 e. The first-order valence-corrected chi connectivity index (χ1v) is 5.73. The summed E-state index contributed by atoms with van der Waals surface area (Å²) in [5.74, 6) is 0.679. The molecule has 0 aliphatic rings. The molecule has 1 aromatic rings. The summed E-state index contributed by atoms with van der Waals surface area (Å²) < 4.78 is 38.5. The number of halogens is 3. The van der Waals surface area contributed by atoms with Crippen molar-refractivity contribution in [3.05, 3.63) is 18.2 Å². The van der Waals surface area contributed by atoms with Crippen molar-refractivity contribution in [1.29, 1.82) is 0 Å². The molecule has 0 aromatic carbocycles. The Labute approximate surface area is 99.0 Å². The van der Waals surface area contributed by atoms with Gasteiger partial charge in [0.15, 0.2) is 0 Å². The maximum absolute atomic E-state index is 12.2. The van der Waals surface area contributed by atoms with Crippen molar-refractivity contribution in [3.63, 3.8) is 0 Å². The van der Waals surface area contributed by atoms with E-state index in [0.717, 1.165) is 13.0 Å². The zero-order valence-corrected chi connectivity index (χ0v) is 10.1. The molecule has 0 aliphatic carbocycles. The lowest BCUT2D eigenvalue weighted by atomic mass is 10.1. The van der Waals surface area contributed by atoms with Crippen molar-refractivity contribution in [2.24, 2.45) is 0 Å². The Hall–Kier alpha value is -1.04. The Bertz CT molecular complexity index is 333. The molecule has 17 heavy (non-hydrogen) atoms. The molecule has 0 amide bonds. The molecule has 6 heteroatoms. The van der Waals surface area contributed by atoms with Gasteiger partial charge in [-0.3, -0.25) is 0 Å². The molecule has 1 unspecified atom stereocenters. The van der Waals surface area contributed by atoms with Crippen LogP contribution in [0.15, 0.2) is 12.4 Å². The molecule has 1 atom stereocenters. The van der Waals surface area contributed by atoms with E-state index >= 15 is 0 Å². The van der Waals surface area contributed by atoms with Gasteiger partial charge in [0.2, 0.25) is 0 Å². The van der Waals surface area contributed by atoms with Crippen LogP contribution in [0.25, 0.3) is 0 Å². The second-order valence-corrected chi connectivity index (χ2v) is 3.97. The highest BCUT2D eigenvalue weighted by Crippen LogP contribution is 2.26. The normalized spacial score (nSPS) is 13.9. The summed E-state index contributed by atoms with van der Waals surface area (Å²) >= 11 is 0. The lowest BCUT2D eigenvalue weighted by Gasteiger charge is -2.18. The summed E-state index contributed by atoms with van der Waals surface area (Å²) in [5.41, 5.74) is 0. The first kappa shape index (κ1) is 14.0. The molecule has 1 heterocycles. The number of imidazole rings is 1. The molecule has 98 valence electrons. The number of nitrogens with zero attached hydrogens (tertiary/aromatic N) is 2. The molecule has 0 radical (unpaired) electrons. The zero-order chi connectivity index (χ0) is 12.9. The Morgan fingerprint density at radius 1 is 1.47 bits per heavy atom. The topological polar surface area (TPSA) is 29.9 Å². The third kappa shape index (κ3) is 4.38. The molecule has 3 nitrogen and oxygen atoms in total. The monoisotopic (exact) mass is 249 g/mol. The number of nitrogens with one attached hydrogen (secondary N) is 1. The fourth-order valence-corrected chi connectivity index (χ4v) is 1.77. The number of hydrogen-bond donors (Lipinski definition) is 1. The SMILES string of the molecule is CCCn1ccnc1C(CCC(F)(F)F)NC. The average molecular weight is 249 g/mol. The number of alkyl halides is 3. The lowest BCUT2D eigenvalue weighted by Crippen LogP contribution is -2.23. The predicted octanol–water partition coefficient (Wildman–Crippen LogP) is 2.90. The quantitative estimate of drug-likeness (QED) is 0.840. The Morgan fingerprint density at radius 2 is 2.18 bits per heavy atom. The molecule has 0 spiro atoms. The molecule has 1 aromatic heterocycles. The third-order valence-corrected chi connectivity index (χ3v) is 2.59. The molecule has 0 fully saturated rings. The fourth-order valence-electron chi connectivity index (χ4n) is 1.77. The van der Waals surface area contributed by atoms with Crippen molar-refractivity contribution in [2.45, 2.75) is 44.9 Å². The number of aryl methyl sites for hydroxylation is 1. The van der Waals surface area contributed by atoms with Gasteiger partial charge in [-0.05, 0) is 19.9 Å². The second kappa shape index (κ2) is 6.05. The predicted molar refractivity (Wildman–Crippen MR) is 59.6 cm³/mol. The highest BCUT2D eigenvalue weighted by molar-refractivity contribution is 4.99. The maximum Gasteiger partial charge on any atom is 0.389 e. The van der Waals surface area contributed by atoms with Gasteiger partial charge in [-0.2, -0.15) is 13.2 Å². The van der Waals surface area contributed by atoms with E-state index in [1.54, 1.807) is 19.4 Å². The van der Waals surface area contributed by atoms with Gasteiger partial charge in [0.05, 0.1) is 6.04 Å². The van der Waals surface area contributed by atoms with Crippen molar-refractivity contribution < 1.29 is 13.2 Å². The number of rotatable bonds is 6. The van der Waals surface area contributed by atoms with Gasteiger partial charge < -0.3 is 9.88 Å². The van der Waals surface area contributed by atoms with E-state index in [1.165, 1.54) is 0 Å². The van der Waals surface area contributed by atoms with E-state index < -0.39 is 12.6 Å². The van der Waals surface area contributed by atoms with Gasteiger partial charge in [0, 0.05) is 25.4 Å². The van der Waals surface area contributed by atoms with Crippen LogP contribution >= 0.6 is 0 Å². The van der Waals surface area contributed by atoms with E-state index in [-0.39, 0.29) is 12.5 Å². The molecule has 1 N–H and O–H groups in total. The van der Waals surface area contributed by atoms with E-state index in [4.69, 9.17) is 0 Å². The van der Waals surface area contributed by atoms with Crippen molar-refractivity contribution in [2.75, 3.05) is 7.05 Å². The second-order valence-electron chi connectivity index (χ2n) is 3.97. The van der Waals surface area contributed by atoms with Crippen LogP contribution in [-0.4, -0.2) is 22.8 Å². The molecule has 0 saturated heterocycles. The molecule has 0 saturated carbocycles. The van der Waals surface area contributed by atoms with Crippen LogP contribution in [0.3, 0.4) is 0 Å². The minimum atomic E-state index is -4.11. The van der Waals surface area contributed by atoms with Gasteiger partial charge in [0.25, 0.3) is 0 Å². The highest BCUT2D eigenvalue weighted by Gasteiger charge is 2.29. The van der Waals surface area contributed by atoms with Gasteiger partial charge >= 0.3 is 6.18 Å².